The number of carbonyl (C=O) groups excluding carboxylic acids is 1. The summed E-state index contributed by atoms with van der Waals surface area (Å²) in [5.74, 6) is 2.18. The van der Waals surface area contributed by atoms with Gasteiger partial charge in [-0.2, -0.15) is 0 Å². The summed E-state index contributed by atoms with van der Waals surface area (Å²) in [6.07, 6.45) is 15.8. The first kappa shape index (κ1) is 25.3. The second kappa shape index (κ2) is 9.49. The van der Waals surface area contributed by atoms with Crippen molar-refractivity contribution in [2.24, 2.45) is 40.4 Å². The van der Waals surface area contributed by atoms with Crippen molar-refractivity contribution < 1.29 is 19.7 Å². The van der Waals surface area contributed by atoms with E-state index in [9.17, 15) is 15.0 Å². The van der Waals surface area contributed by atoms with Crippen LogP contribution in [0.5, 0.6) is 0 Å². The van der Waals surface area contributed by atoms with Gasteiger partial charge in [-0.1, -0.05) is 57.1 Å². The van der Waals surface area contributed by atoms with E-state index in [0.717, 1.165) is 43.6 Å². The number of esters is 1. The van der Waals surface area contributed by atoms with Crippen molar-refractivity contribution in [1.82, 2.24) is 0 Å². The summed E-state index contributed by atoms with van der Waals surface area (Å²) < 4.78 is 5.96. The number of carbonyl (C=O) groups is 1. The maximum Gasteiger partial charge on any atom is 0.309 e. The molecular weight excluding hydrogens is 436 g/mol. The van der Waals surface area contributed by atoms with Gasteiger partial charge in [0, 0.05) is 0 Å². The Bertz CT molecular complexity index is 914. The largest absolute Gasteiger partial charge is 0.461 e. The van der Waals surface area contributed by atoms with E-state index in [-0.39, 0.29) is 17.3 Å². The molecule has 0 spiro atoms. The summed E-state index contributed by atoms with van der Waals surface area (Å²) in [4.78, 5) is 13.2. The van der Waals surface area contributed by atoms with Crippen molar-refractivity contribution in [3.8, 4) is 0 Å². The van der Waals surface area contributed by atoms with Crippen LogP contribution < -0.4 is 0 Å². The van der Waals surface area contributed by atoms with Crippen molar-refractivity contribution in [3.05, 3.63) is 34.9 Å². The van der Waals surface area contributed by atoms with Crippen LogP contribution in [0.2, 0.25) is 0 Å². The van der Waals surface area contributed by atoms with Crippen LogP contribution in [0, 0.1) is 40.4 Å². The summed E-state index contributed by atoms with van der Waals surface area (Å²) in [7, 11) is 0. The lowest BCUT2D eigenvalue weighted by Gasteiger charge is -2.56. The first-order valence-electron chi connectivity index (χ1n) is 14.2. The molecule has 1 unspecified atom stereocenters. The van der Waals surface area contributed by atoms with Crippen molar-refractivity contribution in [1.29, 1.82) is 0 Å². The average molecular weight is 483 g/mol. The molecule has 4 nitrogen and oxygen atoms in total. The predicted octanol–water partition coefficient (Wildman–Crippen LogP) is 6.13. The Morgan fingerprint density at radius 2 is 1.86 bits per heavy atom. The number of ether oxygens (including phenoxy) is 1. The van der Waals surface area contributed by atoms with Gasteiger partial charge in [-0.15, -0.1) is 0 Å². The number of hydrogen-bond donors (Lipinski definition) is 2. The molecule has 0 radical (unpaired) electrons. The minimum absolute atomic E-state index is 0.0135. The molecule has 0 heterocycles. The fraction of sp³-hybridized carbons (Fsp3) is 0.774. The minimum atomic E-state index is -0.427. The molecule has 4 heteroatoms. The SMILES string of the molecule is C[C@H](C(=O)OCC1=CC[C@H]2CC1C2(C)C)[C@H]1CC[C@H]2/C(=C/C=C3C[C@@H](O)C[C@H](O)C3)CCC[C@]12C. The number of fused-ring (bicyclic) bond motifs is 2. The maximum atomic E-state index is 13.2. The molecule has 0 saturated heterocycles. The third kappa shape index (κ3) is 4.59. The molecule has 6 rings (SSSR count). The van der Waals surface area contributed by atoms with Gasteiger partial charge in [0.25, 0.3) is 0 Å². The topological polar surface area (TPSA) is 66.8 Å². The van der Waals surface area contributed by atoms with Crippen LogP contribution in [0.15, 0.2) is 34.9 Å². The Balaban J connectivity index is 1.23. The highest BCUT2D eigenvalue weighted by molar-refractivity contribution is 5.73. The Hall–Kier alpha value is -1.39. The smallest absolute Gasteiger partial charge is 0.309 e. The number of allylic oxidation sites excluding steroid dienone is 4. The van der Waals surface area contributed by atoms with Crippen LogP contribution in [0.4, 0.5) is 0 Å². The van der Waals surface area contributed by atoms with Gasteiger partial charge in [0.05, 0.1) is 18.1 Å². The van der Waals surface area contributed by atoms with Gasteiger partial charge >= 0.3 is 5.97 Å². The van der Waals surface area contributed by atoms with Gasteiger partial charge in [0.1, 0.15) is 6.61 Å². The van der Waals surface area contributed by atoms with Gasteiger partial charge in [-0.3, -0.25) is 4.79 Å². The van der Waals surface area contributed by atoms with Crippen LogP contribution in [-0.4, -0.2) is 35.0 Å². The van der Waals surface area contributed by atoms with E-state index in [1.54, 1.807) is 0 Å². The fourth-order valence-corrected chi connectivity index (χ4v) is 8.72. The number of hydrogen-bond acceptors (Lipinski definition) is 4. The molecule has 0 aliphatic heterocycles. The van der Waals surface area contributed by atoms with Crippen molar-refractivity contribution in [2.75, 3.05) is 6.61 Å². The molecule has 4 fully saturated rings. The molecule has 0 aromatic rings. The molecule has 0 aromatic carbocycles. The van der Waals surface area contributed by atoms with E-state index in [2.05, 4.69) is 45.9 Å². The van der Waals surface area contributed by atoms with Crippen molar-refractivity contribution >= 4 is 5.97 Å². The second-order valence-corrected chi connectivity index (χ2v) is 13.3. The van der Waals surface area contributed by atoms with Gasteiger partial charge in [-0.25, -0.2) is 0 Å². The van der Waals surface area contributed by atoms with Gasteiger partial charge < -0.3 is 14.9 Å². The highest BCUT2D eigenvalue weighted by Gasteiger charge is 2.53. The lowest BCUT2D eigenvalue weighted by atomic mass is 9.49. The quantitative estimate of drug-likeness (QED) is 0.365. The third-order valence-electron chi connectivity index (χ3n) is 11.0. The summed E-state index contributed by atoms with van der Waals surface area (Å²) in [5.41, 5.74) is 4.50. The second-order valence-electron chi connectivity index (χ2n) is 13.3. The number of aliphatic hydroxyl groups excluding tert-OH is 2. The summed E-state index contributed by atoms with van der Waals surface area (Å²) >= 11 is 0. The Morgan fingerprint density at radius 1 is 1.11 bits per heavy atom. The van der Waals surface area contributed by atoms with E-state index in [0.29, 0.717) is 49.0 Å². The molecule has 6 aliphatic carbocycles. The maximum absolute atomic E-state index is 13.2. The molecule has 2 bridgehead atoms. The average Bonchev–Trinajstić information content (AvgIpc) is 3.17. The monoisotopic (exact) mass is 482 g/mol. The van der Waals surface area contributed by atoms with Gasteiger partial charge in [0.15, 0.2) is 0 Å². The molecule has 4 saturated carbocycles. The summed E-state index contributed by atoms with van der Waals surface area (Å²) in [6.45, 7) is 9.72. The van der Waals surface area contributed by atoms with Crippen LogP contribution in [0.1, 0.15) is 91.9 Å². The molecule has 8 atom stereocenters. The van der Waals surface area contributed by atoms with Crippen LogP contribution >= 0.6 is 0 Å². The van der Waals surface area contributed by atoms with Crippen molar-refractivity contribution in [3.63, 3.8) is 0 Å². The summed E-state index contributed by atoms with van der Waals surface area (Å²) in [5, 5.41) is 20.1. The van der Waals surface area contributed by atoms with Gasteiger partial charge in [0.2, 0.25) is 0 Å². The van der Waals surface area contributed by atoms with E-state index < -0.39 is 12.2 Å². The molecule has 6 aliphatic rings. The molecular formula is C31H46O4. The highest BCUT2D eigenvalue weighted by Crippen LogP contribution is 2.60. The lowest BCUT2D eigenvalue weighted by Crippen LogP contribution is -2.49. The zero-order valence-corrected chi connectivity index (χ0v) is 22.3. The van der Waals surface area contributed by atoms with E-state index in [1.807, 2.05) is 0 Å². The predicted molar refractivity (Wildman–Crippen MR) is 138 cm³/mol. The van der Waals surface area contributed by atoms with Crippen molar-refractivity contribution in [2.45, 2.75) is 104 Å². The fourth-order valence-electron chi connectivity index (χ4n) is 8.72. The first-order valence-corrected chi connectivity index (χ1v) is 14.2. The van der Waals surface area contributed by atoms with E-state index in [4.69, 9.17) is 4.74 Å². The Morgan fingerprint density at radius 3 is 2.54 bits per heavy atom. The number of rotatable bonds is 5. The van der Waals surface area contributed by atoms with Crippen LogP contribution in [-0.2, 0) is 9.53 Å². The normalized spacial score (nSPS) is 42.1. The third-order valence-corrected chi connectivity index (χ3v) is 11.0. The number of aliphatic hydroxyl groups is 2. The summed E-state index contributed by atoms with van der Waals surface area (Å²) in [6, 6.07) is 0. The Labute approximate surface area is 211 Å². The molecule has 0 amide bonds. The minimum Gasteiger partial charge on any atom is -0.461 e. The van der Waals surface area contributed by atoms with Gasteiger partial charge in [-0.05, 0) is 104 Å². The molecule has 0 aromatic heterocycles. The molecule has 35 heavy (non-hydrogen) atoms. The zero-order chi connectivity index (χ0) is 25.0. The molecule has 194 valence electrons. The van der Waals surface area contributed by atoms with Crippen LogP contribution in [0.3, 0.4) is 0 Å². The standard InChI is InChI=1S/C31H46O4/c1-19(29(34)35-18-22-9-10-23-16-28(22)30(23,2)3)26-11-12-27-21(6-5-13-31(26,27)4)8-7-20-14-24(32)17-25(33)15-20/h7-9,19,23-28,32-33H,5-6,10-18H2,1-4H3/b21-8+/t19-,23-,24+,25+,26+,27-,28?,31+/m0/s1. The lowest BCUT2D eigenvalue weighted by molar-refractivity contribution is -0.151. The first-order chi connectivity index (χ1) is 16.6. The van der Waals surface area contributed by atoms with Crippen LogP contribution in [0.25, 0.3) is 0 Å². The highest BCUT2D eigenvalue weighted by atomic mass is 16.5. The Kier molecular flexibility index (Phi) is 6.85. The van der Waals surface area contributed by atoms with E-state index >= 15 is 0 Å². The molecule has 2 N–H and O–H groups in total. The van der Waals surface area contributed by atoms with E-state index in [1.165, 1.54) is 24.0 Å². The zero-order valence-electron chi connectivity index (χ0n) is 22.3.